The molecule has 0 aliphatic carbocycles. The lowest BCUT2D eigenvalue weighted by atomic mass is 10.2. The topological polar surface area (TPSA) is 121 Å². The van der Waals surface area contributed by atoms with Crippen LogP contribution < -0.4 is 10.6 Å². The lowest BCUT2D eigenvalue weighted by molar-refractivity contribution is 0.0799. The molecule has 0 aliphatic rings. The van der Waals surface area contributed by atoms with E-state index in [1.54, 1.807) is 6.07 Å². The monoisotopic (exact) mass is 390 g/mol. The van der Waals surface area contributed by atoms with E-state index in [0.717, 1.165) is 12.1 Å². The summed E-state index contributed by atoms with van der Waals surface area (Å²) >= 11 is 0. The molecule has 8 nitrogen and oxygen atoms in total. The quantitative estimate of drug-likeness (QED) is 0.486. The number of oxazole rings is 1. The molecule has 2 heterocycles. The molecule has 10 heteroatoms. The standard InChI is InChI=1S/C18H16F2N4O4/c19-13-3-1-10(5-14(13)20)16-8-23-18(28-16)24-11-2-4-15(21-6-11)17(27)22-7-12(26)9-25/h1-6,8,12,25-26H,7,9H2,(H,22,27)(H,23,24)/t12-/m1/s1. The molecule has 1 aromatic carbocycles. The number of amides is 1. The fourth-order valence-corrected chi connectivity index (χ4v) is 2.21. The number of rotatable bonds is 7. The number of hydrogen-bond acceptors (Lipinski definition) is 7. The predicted molar refractivity (Wildman–Crippen MR) is 94.8 cm³/mol. The summed E-state index contributed by atoms with van der Waals surface area (Å²) in [5.41, 5.74) is 0.922. The van der Waals surface area contributed by atoms with Gasteiger partial charge in [0.1, 0.15) is 5.69 Å². The van der Waals surface area contributed by atoms with Crippen molar-refractivity contribution in [3.8, 4) is 11.3 Å². The Kier molecular flexibility index (Phi) is 5.92. The summed E-state index contributed by atoms with van der Waals surface area (Å²) in [7, 11) is 0. The second-order valence-electron chi connectivity index (χ2n) is 5.76. The molecule has 0 saturated carbocycles. The maximum absolute atomic E-state index is 13.3. The van der Waals surface area contributed by atoms with Crippen molar-refractivity contribution in [3.05, 3.63) is 60.1 Å². The van der Waals surface area contributed by atoms with Crippen molar-refractivity contribution in [1.29, 1.82) is 0 Å². The van der Waals surface area contributed by atoms with Crippen molar-refractivity contribution >= 4 is 17.6 Å². The number of aliphatic hydroxyl groups is 2. The molecular weight excluding hydrogens is 374 g/mol. The minimum atomic E-state index is -1.04. The van der Waals surface area contributed by atoms with Gasteiger partial charge in [-0.15, -0.1) is 0 Å². The highest BCUT2D eigenvalue weighted by Gasteiger charge is 2.12. The van der Waals surface area contributed by atoms with Crippen LogP contribution in [0, 0.1) is 11.6 Å². The number of carbonyl (C=O) groups excluding carboxylic acids is 1. The summed E-state index contributed by atoms with van der Waals surface area (Å²) in [6.07, 6.45) is 1.69. The van der Waals surface area contributed by atoms with Crippen molar-refractivity contribution in [2.75, 3.05) is 18.5 Å². The Bertz CT molecular complexity index is 962. The number of anilines is 2. The summed E-state index contributed by atoms with van der Waals surface area (Å²) in [6, 6.07) is 6.47. The van der Waals surface area contributed by atoms with Gasteiger partial charge in [-0.1, -0.05) is 0 Å². The number of halogens is 2. The van der Waals surface area contributed by atoms with Gasteiger partial charge in [0, 0.05) is 12.1 Å². The van der Waals surface area contributed by atoms with Gasteiger partial charge in [0.25, 0.3) is 11.9 Å². The summed E-state index contributed by atoms with van der Waals surface area (Å²) in [6.45, 7) is -0.556. The van der Waals surface area contributed by atoms with E-state index in [0.29, 0.717) is 11.3 Å². The molecule has 0 unspecified atom stereocenters. The van der Waals surface area contributed by atoms with Crippen LogP contribution in [0.25, 0.3) is 11.3 Å². The Hall–Kier alpha value is -3.37. The molecule has 4 N–H and O–H groups in total. The molecule has 0 aliphatic heterocycles. The zero-order valence-electron chi connectivity index (χ0n) is 14.4. The zero-order chi connectivity index (χ0) is 20.1. The van der Waals surface area contributed by atoms with E-state index in [2.05, 4.69) is 20.6 Å². The number of benzene rings is 1. The van der Waals surface area contributed by atoms with Gasteiger partial charge in [-0.25, -0.2) is 18.7 Å². The van der Waals surface area contributed by atoms with Crippen LogP contribution in [0.4, 0.5) is 20.5 Å². The Morgan fingerprint density at radius 3 is 2.64 bits per heavy atom. The largest absolute Gasteiger partial charge is 0.423 e. The number of nitrogens with one attached hydrogen (secondary N) is 2. The highest BCUT2D eigenvalue weighted by molar-refractivity contribution is 5.92. The van der Waals surface area contributed by atoms with Crippen molar-refractivity contribution in [2.45, 2.75) is 6.10 Å². The normalized spacial score (nSPS) is 11.9. The van der Waals surface area contributed by atoms with Crippen LogP contribution >= 0.6 is 0 Å². The molecule has 28 heavy (non-hydrogen) atoms. The van der Waals surface area contributed by atoms with Gasteiger partial charge in [0.15, 0.2) is 17.4 Å². The smallest absolute Gasteiger partial charge is 0.299 e. The minimum Gasteiger partial charge on any atom is -0.423 e. The fraction of sp³-hybridized carbons (Fsp3) is 0.167. The minimum absolute atomic E-state index is 0.0971. The summed E-state index contributed by atoms with van der Waals surface area (Å²) in [5.74, 6) is -2.21. The van der Waals surface area contributed by atoms with E-state index in [-0.39, 0.29) is 24.0 Å². The van der Waals surface area contributed by atoms with E-state index >= 15 is 0 Å². The number of nitrogens with zero attached hydrogens (tertiary/aromatic N) is 2. The Balaban J connectivity index is 1.64. The van der Waals surface area contributed by atoms with Crippen molar-refractivity contribution in [2.24, 2.45) is 0 Å². The predicted octanol–water partition coefficient (Wildman–Crippen LogP) is 1.84. The van der Waals surface area contributed by atoms with Gasteiger partial charge in [-0.2, -0.15) is 0 Å². The third-order valence-electron chi connectivity index (χ3n) is 3.67. The average molecular weight is 390 g/mol. The van der Waals surface area contributed by atoms with Crippen LogP contribution in [0.5, 0.6) is 0 Å². The van der Waals surface area contributed by atoms with Gasteiger partial charge < -0.3 is 25.3 Å². The highest BCUT2D eigenvalue weighted by atomic mass is 19.2. The van der Waals surface area contributed by atoms with E-state index in [4.69, 9.17) is 9.52 Å². The van der Waals surface area contributed by atoms with Crippen molar-refractivity contribution < 1.29 is 28.2 Å². The third-order valence-corrected chi connectivity index (χ3v) is 3.67. The SMILES string of the molecule is O=C(NC[C@@H](O)CO)c1ccc(Nc2ncc(-c3ccc(F)c(F)c3)o2)cn1. The van der Waals surface area contributed by atoms with Gasteiger partial charge in [0.2, 0.25) is 0 Å². The van der Waals surface area contributed by atoms with E-state index in [1.165, 1.54) is 24.5 Å². The number of aliphatic hydroxyl groups excluding tert-OH is 2. The molecule has 3 rings (SSSR count). The van der Waals surface area contributed by atoms with Crippen molar-refractivity contribution in [3.63, 3.8) is 0 Å². The molecule has 0 bridgehead atoms. The van der Waals surface area contributed by atoms with Crippen LogP contribution in [0.1, 0.15) is 10.5 Å². The molecule has 1 amide bonds. The Labute approximate surface area is 157 Å². The number of hydrogen-bond donors (Lipinski definition) is 4. The first-order valence-electron chi connectivity index (χ1n) is 8.17. The molecule has 1 atom stereocenters. The first kappa shape index (κ1) is 19.4. The van der Waals surface area contributed by atoms with Gasteiger partial charge in [-0.05, 0) is 30.3 Å². The highest BCUT2D eigenvalue weighted by Crippen LogP contribution is 2.25. The first-order valence-corrected chi connectivity index (χ1v) is 8.17. The van der Waals surface area contributed by atoms with Gasteiger partial charge >= 0.3 is 0 Å². The number of carbonyl (C=O) groups is 1. The molecule has 0 spiro atoms. The van der Waals surface area contributed by atoms with Crippen LogP contribution in [0.2, 0.25) is 0 Å². The zero-order valence-corrected chi connectivity index (χ0v) is 14.4. The number of aromatic nitrogens is 2. The lowest BCUT2D eigenvalue weighted by Gasteiger charge is -2.08. The fourth-order valence-electron chi connectivity index (χ4n) is 2.21. The first-order chi connectivity index (χ1) is 13.5. The van der Waals surface area contributed by atoms with Crippen LogP contribution in [0.15, 0.2) is 47.1 Å². The Morgan fingerprint density at radius 1 is 1.14 bits per heavy atom. The third kappa shape index (κ3) is 4.67. The van der Waals surface area contributed by atoms with Crippen LogP contribution in [-0.2, 0) is 0 Å². The molecule has 3 aromatic rings. The number of pyridine rings is 1. The van der Waals surface area contributed by atoms with Crippen molar-refractivity contribution in [1.82, 2.24) is 15.3 Å². The maximum Gasteiger partial charge on any atom is 0.299 e. The lowest BCUT2D eigenvalue weighted by Crippen LogP contribution is -2.34. The second-order valence-corrected chi connectivity index (χ2v) is 5.76. The molecule has 0 fully saturated rings. The molecule has 0 radical (unpaired) electrons. The molecule has 146 valence electrons. The van der Waals surface area contributed by atoms with E-state index < -0.39 is 30.3 Å². The average Bonchev–Trinajstić information content (AvgIpc) is 3.17. The van der Waals surface area contributed by atoms with Gasteiger partial charge in [0.05, 0.1) is 30.8 Å². The summed E-state index contributed by atoms with van der Waals surface area (Å²) in [5, 5.41) is 23.2. The van der Waals surface area contributed by atoms with Crippen LogP contribution in [-0.4, -0.2) is 45.3 Å². The molecule has 2 aromatic heterocycles. The molecule has 0 saturated heterocycles. The second kappa shape index (κ2) is 8.55. The summed E-state index contributed by atoms with van der Waals surface area (Å²) in [4.78, 5) is 19.9. The maximum atomic E-state index is 13.3. The molecular formula is C18H16F2N4O4. The van der Waals surface area contributed by atoms with E-state index in [9.17, 15) is 18.7 Å². The summed E-state index contributed by atoms with van der Waals surface area (Å²) < 4.78 is 31.8. The van der Waals surface area contributed by atoms with E-state index in [1.807, 2.05) is 0 Å². The van der Waals surface area contributed by atoms with Crippen LogP contribution in [0.3, 0.4) is 0 Å². The Morgan fingerprint density at radius 2 is 1.96 bits per heavy atom. The van der Waals surface area contributed by atoms with Gasteiger partial charge in [-0.3, -0.25) is 4.79 Å².